The summed E-state index contributed by atoms with van der Waals surface area (Å²) in [5, 5.41) is 0. The molecule has 0 saturated carbocycles. The van der Waals surface area contributed by atoms with Crippen LogP contribution in [0.3, 0.4) is 0 Å². The van der Waals surface area contributed by atoms with Crippen molar-refractivity contribution in [1.29, 1.82) is 0 Å². The summed E-state index contributed by atoms with van der Waals surface area (Å²) in [5.41, 5.74) is 0. The van der Waals surface area contributed by atoms with Crippen molar-refractivity contribution in [3.8, 4) is 0 Å². The van der Waals surface area contributed by atoms with Crippen LogP contribution in [0.4, 0.5) is 0 Å². The van der Waals surface area contributed by atoms with Gasteiger partial charge < -0.3 is 0 Å². The molecule has 0 atom stereocenters. The Morgan fingerprint density at radius 2 is 1.47 bits per heavy atom. The van der Waals surface area contributed by atoms with Crippen LogP contribution in [-0.2, 0) is 6.15 Å². The third-order valence-corrected chi connectivity index (χ3v) is 6.87. The van der Waals surface area contributed by atoms with Crippen molar-refractivity contribution in [3.05, 3.63) is 30.3 Å². The maximum absolute atomic E-state index is 11.9. The molecule has 1 aromatic carbocycles. The molecule has 1 rings (SSSR count). The van der Waals surface area contributed by atoms with E-state index in [1.54, 1.807) is 0 Å². The molecule has 19 heavy (non-hydrogen) atoms. The van der Waals surface area contributed by atoms with E-state index in [0.29, 0.717) is 6.61 Å². The Balaban J connectivity index is 1.95. The van der Waals surface area contributed by atoms with Crippen molar-refractivity contribution < 1.29 is 6.15 Å². The number of unbranched alkanes of at least 4 members (excludes halogenated alkanes) is 7. The van der Waals surface area contributed by atoms with Gasteiger partial charge in [-0.3, -0.25) is 0 Å². The summed E-state index contributed by atoms with van der Waals surface area (Å²) >= 11 is -2.95. The number of hydrogen-bond acceptors (Lipinski definition) is 2. The van der Waals surface area contributed by atoms with Gasteiger partial charge in [0.2, 0.25) is 0 Å². The van der Waals surface area contributed by atoms with E-state index in [1.807, 2.05) is 30.3 Å². The van der Waals surface area contributed by atoms with Crippen LogP contribution in [0.5, 0.6) is 0 Å². The van der Waals surface area contributed by atoms with Crippen molar-refractivity contribution in [2.24, 2.45) is 0 Å². The first-order valence-corrected chi connectivity index (χ1v) is 11.3. The van der Waals surface area contributed by atoms with Crippen molar-refractivity contribution in [2.75, 3.05) is 6.61 Å². The fourth-order valence-corrected chi connectivity index (χ4v) is 4.80. The molecule has 0 spiro atoms. The Hall–Kier alpha value is -0.221. The Bertz CT molecular complexity index is 338. The van der Waals surface area contributed by atoms with Crippen molar-refractivity contribution in [3.63, 3.8) is 0 Å². The van der Waals surface area contributed by atoms with E-state index in [4.69, 9.17) is 3.07 Å². The molecular weight excluding hydrogens is 343 g/mol. The van der Waals surface area contributed by atoms with Crippen molar-refractivity contribution in [2.45, 2.75) is 58.3 Å². The fraction of sp³-hybridized carbons (Fsp3) is 0.625. The summed E-state index contributed by atoms with van der Waals surface area (Å²) in [5.74, 6) is 0. The molecular formula is C16H26O2Sn. The summed E-state index contributed by atoms with van der Waals surface area (Å²) in [6.07, 6.45) is 10.3. The third kappa shape index (κ3) is 8.53. The molecule has 2 nitrogen and oxygen atoms in total. The summed E-state index contributed by atoms with van der Waals surface area (Å²) < 4.78 is 18.3. The summed E-state index contributed by atoms with van der Waals surface area (Å²) in [4.78, 5) is 0. The van der Waals surface area contributed by atoms with Gasteiger partial charge in [0.05, 0.1) is 0 Å². The second kappa shape index (κ2) is 11.6. The van der Waals surface area contributed by atoms with Crippen LogP contribution in [-0.4, -0.2) is 26.8 Å². The van der Waals surface area contributed by atoms with E-state index < -0.39 is 20.2 Å². The monoisotopic (exact) mass is 370 g/mol. The molecule has 0 aliphatic rings. The van der Waals surface area contributed by atoms with Gasteiger partial charge >= 0.3 is 125 Å². The minimum atomic E-state index is -2.95. The normalized spacial score (nSPS) is 10.6. The SMILES string of the molecule is CCCCCCCCCC[O][Sn](=[O])[c]1ccccc1. The molecule has 0 saturated heterocycles. The van der Waals surface area contributed by atoms with Gasteiger partial charge in [0.15, 0.2) is 0 Å². The predicted octanol–water partition coefficient (Wildman–Crippen LogP) is 3.97. The molecule has 0 N–H and O–H groups in total. The molecule has 0 bridgehead atoms. The van der Waals surface area contributed by atoms with Gasteiger partial charge in [-0.2, -0.15) is 0 Å². The second-order valence-corrected chi connectivity index (χ2v) is 9.09. The summed E-state index contributed by atoms with van der Waals surface area (Å²) in [6.45, 7) is 2.91. The van der Waals surface area contributed by atoms with Gasteiger partial charge in [0.25, 0.3) is 0 Å². The molecule has 3 heteroatoms. The molecule has 0 fully saturated rings. The molecule has 0 heterocycles. The molecule has 0 unspecified atom stereocenters. The average molecular weight is 369 g/mol. The van der Waals surface area contributed by atoms with E-state index in [2.05, 4.69) is 6.92 Å². The second-order valence-electron chi connectivity index (χ2n) is 4.98. The molecule has 0 aliphatic heterocycles. The van der Waals surface area contributed by atoms with Gasteiger partial charge in [-0.05, 0) is 0 Å². The topological polar surface area (TPSA) is 26.3 Å². The molecule has 1 aromatic rings. The first-order chi connectivity index (χ1) is 9.34. The van der Waals surface area contributed by atoms with Crippen LogP contribution in [0.1, 0.15) is 58.3 Å². The van der Waals surface area contributed by atoms with Gasteiger partial charge in [-0.1, -0.05) is 0 Å². The van der Waals surface area contributed by atoms with Crippen LogP contribution < -0.4 is 3.58 Å². The van der Waals surface area contributed by atoms with E-state index in [9.17, 15) is 3.08 Å². The minimum absolute atomic E-state index is 0.669. The van der Waals surface area contributed by atoms with Crippen LogP contribution in [0, 0.1) is 0 Å². The van der Waals surface area contributed by atoms with Gasteiger partial charge in [0.1, 0.15) is 0 Å². The van der Waals surface area contributed by atoms with Crippen LogP contribution in [0.15, 0.2) is 30.3 Å². The van der Waals surface area contributed by atoms with Crippen LogP contribution in [0.2, 0.25) is 0 Å². The zero-order valence-corrected chi connectivity index (χ0v) is 14.9. The van der Waals surface area contributed by atoms with Gasteiger partial charge in [-0.25, -0.2) is 0 Å². The Labute approximate surface area is 125 Å². The molecule has 0 aliphatic carbocycles. The quantitative estimate of drug-likeness (QED) is 0.436. The van der Waals surface area contributed by atoms with Gasteiger partial charge in [-0.15, -0.1) is 0 Å². The molecule has 0 aromatic heterocycles. The first-order valence-electron chi connectivity index (χ1n) is 7.56. The third-order valence-electron chi connectivity index (χ3n) is 3.24. The predicted molar refractivity (Wildman–Crippen MR) is 81.1 cm³/mol. The standard InChI is InChI=1S/C10H21O.C6H5.O.Sn/c1-2-3-4-5-6-7-8-9-10-11;1-2-4-6-5-3-1;;/h2-10H2,1H3;1-5H;;/q-1;;;+1. The zero-order valence-electron chi connectivity index (χ0n) is 12.1. The van der Waals surface area contributed by atoms with Crippen LogP contribution in [0.25, 0.3) is 0 Å². The Morgan fingerprint density at radius 3 is 2.11 bits per heavy atom. The molecule has 106 valence electrons. The van der Waals surface area contributed by atoms with E-state index in [0.717, 1.165) is 10.0 Å². The van der Waals surface area contributed by atoms with Crippen molar-refractivity contribution in [1.82, 2.24) is 0 Å². The summed E-state index contributed by atoms with van der Waals surface area (Å²) in [6, 6.07) is 9.62. The van der Waals surface area contributed by atoms with Crippen molar-refractivity contribution >= 4 is 23.7 Å². The fourth-order valence-electron chi connectivity index (χ4n) is 2.06. The average Bonchev–Trinajstić information content (AvgIpc) is 2.46. The van der Waals surface area contributed by atoms with E-state index >= 15 is 0 Å². The van der Waals surface area contributed by atoms with E-state index in [1.165, 1.54) is 44.9 Å². The summed E-state index contributed by atoms with van der Waals surface area (Å²) in [7, 11) is 0. The first kappa shape index (κ1) is 16.8. The zero-order chi connectivity index (χ0) is 13.8. The Morgan fingerprint density at radius 1 is 0.895 bits per heavy atom. The van der Waals surface area contributed by atoms with E-state index in [-0.39, 0.29) is 0 Å². The number of hydrogen-bond donors (Lipinski definition) is 0. The number of rotatable bonds is 11. The van der Waals surface area contributed by atoms with Crippen LogP contribution >= 0.6 is 0 Å². The maximum atomic E-state index is 11.9. The van der Waals surface area contributed by atoms with Gasteiger partial charge in [0, 0.05) is 0 Å². The number of benzene rings is 1. The molecule has 0 radical (unpaired) electrons. The Kier molecular flexibility index (Phi) is 10.3. The molecule has 0 amide bonds.